The van der Waals surface area contributed by atoms with Gasteiger partial charge in [-0.15, -0.1) is 0 Å². The molecule has 0 radical (unpaired) electrons. The number of amidine groups is 2. The van der Waals surface area contributed by atoms with Crippen LogP contribution in [0, 0.1) is 10.1 Å². The number of nitro groups is 1. The number of carbonyl (C=O) groups is 1. The Bertz CT molecular complexity index is 1120. The third kappa shape index (κ3) is 3.50. The molecule has 0 saturated heterocycles. The van der Waals surface area contributed by atoms with E-state index in [1.807, 2.05) is 47.5 Å². The highest BCUT2D eigenvalue weighted by Gasteiger charge is 2.24. The summed E-state index contributed by atoms with van der Waals surface area (Å²) in [5.41, 5.74) is 1.36. The molecule has 2 aromatic rings. The van der Waals surface area contributed by atoms with Crippen LogP contribution in [0.25, 0.3) is 0 Å². The number of nitro benzene ring substituents is 1. The number of hydrogen-bond donors (Lipinski definition) is 0. The van der Waals surface area contributed by atoms with Crippen LogP contribution in [-0.2, 0) is 6.54 Å². The highest BCUT2D eigenvalue weighted by Crippen LogP contribution is 2.25. The largest absolute Gasteiger partial charge is 0.327 e. The lowest BCUT2D eigenvalue weighted by atomic mass is 10.1. The van der Waals surface area contributed by atoms with Gasteiger partial charge in [0.05, 0.1) is 4.92 Å². The van der Waals surface area contributed by atoms with Crippen LogP contribution in [0.2, 0.25) is 0 Å². The Balaban J connectivity index is 1.84. The molecule has 0 N–H and O–H groups in total. The summed E-state index contributed by atoms with van der Waals surface area (Å²) in [7, 11) is 0. The van der Waals surface area contributed by atoms with Gasteiger partial charge in [0.25, 0.3) is 11.6 Å². The van der Waals surface area contributed by atoms with Crippen molar-refractivity contribution in [2.75, 3.05) is 0 Å². The van der Waals surface area contributed by atoms with E-state index in [-0.39, 0.29) is 17.1 Å². The summed E-state index contributed by atoms with van der Waals surface area (Å²) in [5, 5.41) is 11.2. The van der Waals surface area contributed by atoms with Crippen LogP contribution in [0.1, 0.15) is 21.5 Å². The van der Waals surface area contributed by atoms with Crippen molar-refractivity contribution in [2.45, 2.75) is 6.54 Å². The Morgan fingerprint density at radius 3 is 2.71 bits per heavy atom. The number of amides is 1. The first kappa shape index (κ1) is 18.2. The van der Waals surface area contributed by atoms with E-state index in [9.17, 15) is 14.9 Å². The van der Waals surface area contributed by atoms with E-state index in [2.05, 4.69) is 32.6 Å². The second-order valence-corrected chi connectivity index (χ2v) is 7.36. The second kappa shape index (κ2) is 7.47. The Labute approximate surface area is 174 Å². The predicted octanol–water partition coefficient (Wildman–Crippen LogP) is 4.24. The van der Waals surface area contributed by atoms with Crippen molar-refractivity contribution in [1.29, 1.82) is 0 Å². The number of nitrogens with zero attached hydrogens (tertiary/aromatic N) is 4. The van der Waals surface area contributed by atoms with Crippen LogP contribution in [0.4, 0.5) is 5.69 Å². The number of halogens is 1. The van der Waals surface area contributed by atoms with Gasteiger partial charge in [-0.2, -0.15) is 4.99 Å². The number of rotatable bonds is 2. The van der Waals surface area contributed by atoms with Crippen LogP contribution in [0.5, 0.6) is 0 Å². The highest BCUT2D eigenvalue weighted by atomic mass is 127. The topological polar surface area (TPSA) is 88.2 Å². The number of allylic oxidation sites excluding steroid dienone is 2. The molecule has 0 aromatic heterocycles. The average molecular weight is 484 g/mol. The predicted molar refractivity (Wildman–Crippen MR) is 115 cm³/mol. The number of fused-ring (bicyclic) bond motifs is 2. The maximum atomic E-state index is 12.8. The second-order valence-electron chi connectivity index (χ2n) is 6.12. The Kier molecular flexibility index (Phi) is 4.86. The number of aliphatic imine (C=N–C) groups is 2. The van der Waals surface area contributed by atoms with Gasteiger partial charge in [0.15, 0.2) is 5.84 Å². The van der Waals surface area contributed by atoms with Crippen LogP contribution < -0.4 is 0 Å². The Hall–Kier alpha value is -3.14. The van der Waals surface area contributed by atoms with Crippen LogP contribution in [-0.4, -0.2) is 27.4 Å². The molecule has 8 heteroatoms. The van der Waals surface area contributed by atoms with Crippen LogP contribution in [0.3, 0.4) is 0 Å². The summed E-state index contributed by atoms with van der Waals surface area (Å²) >= 11 is 2.23. The molecule has 2 aliphatic rings. The molecule has 0 saturated carbocycles. The van der Waals surface area contributed by atoms with E-state index in [0.717, 1.165) is 14.7 Å². The molecule has 0 fully saturated rings. The van der Waals surface area contributed by atoms with E-state index in [1.54, 1.807) is 6.07 Å². The monoisotopic (exact) mass is 484 g/mol. The average Bonchev–Trinajstić information content (AvgIpc) is 2.84. The third-order valence-electron chi connectivity index (χ3n) is 4.32. The molecule has 4 rings (SSSR count). The van der Waals surface area contributed by atoms with Gasteiger partial charge >= 0.3 is 0 Å². The smallest absolute Gasteiger partial charge is 0.286 e. The molecule has 28 heavy (non-hydrogen) atoms. The molecule has 0 aliphatic carbocycles. The zero-order valence-electron chi connectivity index (χ0n) is 14.4. The molecular formula is C20H13IN4O3. The quantitative estimate of drug-likeness (QED) is 0.363. The lowest BCUT2D eigenvalue weighted by Crippen LogP contribution is -2.24. The molecule has 7 nitrogen and oxygen atoms in total. The molecule has 2 aromatic carbocycles. The zero-order valence-corrected chi connectivity index (χ0v) is 16.6. The van der Waals surface area contributed by atoms with Gasteiger partial charge in [-0.05, 0) is 46.4 Å². The molecular weight excluding hydrogens is 471 g/mol. The van der Waals surface area contributed by atoms with Crippen molar-refractivity contribution < 1.29 is 9.72 Å². The van der Waals surface area contributed by atoms with Crippen molar-refractivity contribution in [3.05, 3.63) is 97.3 Å². The van der Waals surface area contributed by atoms with Gasteiger partial charge in [0.1, 0.15) is 11.4 Å². The fraction of sp³-hybridized carbons (Fsp3) is 0.0500. The van der Waals surface area contributed by atoms with Crippen molar-refractivity contribution >= 4 is 45.9 Å². The molecule has 0 atom stereocenters. The maximum Gasteiger partial charge on any atom is 0.286 e. The molecule has 0 bridgehead atoms. The third-order valence-corrected chi connectivity index (χ3v) is 4.96. The molecule has 0 unspecified atom stereocenters. The summed E-state index contributed by atoms with van der Waals surface area (Å²) in [6.45, 7) is 0.588. The van der Waals surface area contributed by atoms with E-state index in [4.69, 9.17) is 0 Å². The summed E-state index contributed by atoms with van der Waals surface area (Å²) in [5.74, 6) is 0.205. The van der Waals surface area contributed by atoms with Gasteiger partial charge in [-0.1, -0.05) is 36.4 Å². The zero-order chi connectivity index (χ0) is 19.7. The number of hydrogen-bond acceptors (Lipinski definition) is 4. The number of benzene rings is 2. The minimum atomic E-state index is -0.695. The minimum Gasteiger partial charge on any atom is -0.327 e. The molecule has 2 aliphatic heterocycles. The minimum absolute atomic E-state index is 0.0626. The van der Waals surface area contributed by atoms with Gasteiger partial charge in [0, 0.05) is 28.0 Å². The van der Waals surface area contributed by atoms with Gasteiger partial charge in [-0.3, -0.25) is 14.9 Å². The standard InChI is InChI=1S/C20H13IN4O3/c21-14-9-10-18-22-19(15-6-2-1-5-13(15)11-24(18)12-14)23-20(26)16-7-3-4-8-17(16)25(27)28/h1-10,12H,11H2. The first-order valence-electron chi connectivity index (χ1n) is 8.38. The van der Waals surface area contributed by atoms with Crippen LogP contribution >= 0.6 is 22.6 Å². The van der Waals surface area contributed by atoms with Crippen molar-refractivity contribution in [3.63, 3.8) is 0 Å². The van der Waals surface area contributed by atoms with Crippen molar-refractivity contribution in [3.8, 4) is 0 Å². The number of para-hydroxylation sites is 1. The van der Waals surface area contributed by atoms with Gasteiger partial charge in [0.2, 0.25) is 0 Å². The summed E-state index contributed by atoms with van der Waals surface area (Å²) in [4.78, 5) is 34.2. The van der Waals surface area contributed by atoms with Gasteiger partial charge < -0.3 is 4.90 Å². The summed E-state index contributed by atoms with van der Waals surface area (Å²) in [6, 6.07) is 13.4. The van der Waals surface area contributed by atoms with E-state index < -0.39 is 10.8 Å². The summed E-state index contributed by atoms with van der Waals surface area (Å²) in [6.07, 6.45) is 5.76. The Morgan fingerprint density at radius 1 is 1.14 bits per heavy atom. The van der Waals surface area contributed by atoms with Gasteiger partial charge in [-0.25, -0.2) is 4.99 Å². The first-order chi connectivity index (χ1) is 13.5. The molecule has 138 valence electrons. The molecule has 0 spiro atoms. The highest BCUT2D eigenvalue weighted by molar-refractivity contribution is 14.1. The molecule has 2 heterocycles. The number of carbonyl (C=O) groups excluding carboxylic acids is 1. The lowest BCUT2D eigenvalue weighted by molar-refractivity contribution is -0.385. The van der Waals surface area contributed by atoms with E-state index in [1.165, 1.54) is 18.2 Å². The van der Waals surface area contributed by atoms with E-state index in [0.29, 0.717) is 12.4 Å². The lowest BCUT2D eigenvalue weighted by Gasteiger charge is -2.21. The summed E-state index contributed by atoms with van der Waals surface area (Å²) < 4.78 is 1.06. The molecule has 1 amide bonds. The fourth-order valence-corrected chi connectivity index (χ4v) is 3.54. The van der Waals surface area contributed by atoms with E-state index >= 15 is 0 Å². The normalized spacial score (nSPS) is 16.6. The Morgan fingerprint density at radius 2 is 1.89 bits per heavy atom. The SMILES string of the molecule is O=C(N=C1N=C2C=CC(I)=CN2Cc2ccccc21)c1ccccc1[N+](=O)[O-]. The first-order valence-corrected chi connectivity index (χ1v) is 9.46. The maximum absolute atomic E-state index is 12.8. The van der Waals surface area contributed by atoms with Crippen LogP contribution in [0.15, 0.2) is 80.4 Å². The van der Waals surface area contributed by atoms with Crippen molar-refractivity contribution in [2.24, 2.45) is 9.98 Å². The van der Waals surface area contributed by atoms with Crippen molar-refractivity contribution in [1.82, 2.24) is 4.90 Å². The fourth-order valence-electron chi connectivity index (χ4n) is 3.02.